The van der Waals surface area contributed by atoms with E-state index in [9.17, 15) is 9.59 Å². The Morgan fingerprint density at radius 3 is 1.94 bits per heavy atom. The maximum Gasteiger partial charge on any atom is 0.335 e. The summed E-state index contributed by atoms with van der Waals surface area (Å²) in [5, 5.41) is 17.8. The van der Waals surface area contributed by atoms with Crippen LogP contribution in [0.5, 0.6) is 0 Å². The van der Waals surface area contributed by atoms with Gasteiger partial charge in [0, 0.05) is 0 Å². The highest BCUT2D eigenvalue weighted by Gasteiger charge is 2.11. The molecule has 0 aliphatic carbocycles. The van der Waals surface area contributed by atoms with Gasteiger partial charge in [-0.05, 0) is 36.6 Å². The number of rotatable bonds is 6. The molecule has 0 aliphatic heterocycles. The second kappa shape index (κ2) is 6.03. The molecule has 0 heterocycles. The van der Waals surface area contributed by atoms with Crippen molar-refractivity contribution in [3.05, 3.63) is 34.9 Å². The predicted octanol–water partition coefficient (Wildman–Crippen LogP) is 2.82. The van der Waals surface area contributed by atoms with Gasteiger partial charge in [0.1, 0.15) is 0 Å². The number of carboxylic acid groups (broad SMARTS) is 2. The highest BCUT2D eigenvalue weighted by Crippen LogP contribution is 2.14. The van der Waals surface area contributed by atoms with Crippen LogP contribution in [-0.2, 0) is 6.42 Å². The summed E-state index contributed by atoms with van der Waals surface area (Å²) in [5.41, 5.74) is 0.851. The standard InChI is InChI=1S/C13H16O4/c1-2-3-4-5-9-6-10(12(14)15)8-11(7-9)13(16)17/h6-8H,2-5H2,1H3,(H,14,15)(H,16,17). The first-order valence-corrected chi connectivity index (χ1v) is 5.65. The number of hydrogen-bond donors (Lipinski definition) is 2. The van der Waals surface area contributed by atoms with E-state index in [1.807, 2.05) is 0 Å². The molecule has 0 aliphatic rings. The molecule has 92 valence electrons. The minimum atomic E-state index is -1.09. The molecule has 2 N–H and O–H groups in total. The Bertz CT molecular complexity index is 391. The maximum atomic E-state index is 10.9. The summed E-state index contributed by atoms with van der Waals surface area (Å²) < 4.78 is 0. The van der Waals surface area contributed by atoms with E-state index in [0.717, 1.165) is 31.2 Å². The van der Waals surface area contributed by atoms with E-state index in [1.54, 1.807) is 12.1 Å². The molecule has 0 aromatic heterocycles. The Kier molecular flexibility index (Phi) is 4.69. The van der Waals surface area contributed by atoms with Gasteiger partial charge in [0.15, 0.2) is 0 Å². The van der Waals surface area contributed by atoms with Crippen LogP contribution in [0.2, 0.25) is 0 Å². The summed E-state index contributed by atoms with van der Waals surface area (Å²) in [6.45, 7) is 2.08. The Labute approximate surface area is 99.9 Å². The van der Waals surface area contributed by atoms with Crippen molar-refractivity contribution in [2.75, 3.05) is 0 Å². The van der Waals surface area contributed by atoms with Crippen LogP contribution in [0.1, 0.15) is 52.5 Å². The third-order valence-corrected chi connectivity index (χ3v) is 2.56. The maximum absolute atomic E-state index is 10.9. The molecule has 0 bridgehead atoms. The molecule has 0 spiro atoms. The molecular weight excluding hydrogens is 220 g/mol. The monoisotopic (exact) mass is 236 g/mol. The third-order valence-electron chi connectivity index (χ3n) is 2.56. The lowest BCUT2D eigenvalue weighted by Crippen LogP contribution is -2.04. The fourth-order valence-electron chi connectivity index (χ4n) is 1.66. The van der Waals surface area contributed by atoms with Gasteiger partial charge < -0.3 is 10.2 Å². The normalized spacial score (nSPS) is 10.2. The van der Waals surface area contributed by atoms with Crippen molar-refractivity contribution in [2.24, 2.45) is 0 Å². The minimum absolute atomic E-state index is 0.0383. The van der Waals surface area contributed by atoms with Gasteiger partial charge in [-0.25, -0.2) is 9.59 Å². The highest BCUT2D eigenvalue weighted by molar-refractivity contribution is 5.94. The van der Waals surface area contributed by atoms with Crippen molar-refractivity contribution in [2.45, 2.75) is 32.6 Å². The zero-order chi connectivity index (χ0) is 12.8. The summed E-state index contributed by atoms with van der Waals surface area (Å²) in [6, 6.07) is 4.28. The average Bonchev–Trinajstić information content (AvgIpc) is 2.29. The summed E-state index contributed by atoms with van der Waals surface area (Å²) in [5.74, 6) is -2.19. The van der Waals surface area contributed by atoms with Crippen LogP contribution in [0.4, 0.5) is 0 Å². The second-order valence-corrected chi connectivity index (χ2v) is 3.99. The summed E-state index contributed by atoms with van der Waals surface area (Å²) >= 11 is 0. The Balaban J connectivity index is 2.95. The number of aryl methyl sites for hydroxylation is 1. The van der Waals surface area contributed by atoms with Gasteiger partial charge in [-0.2, -0.15) is 0 Å². The molecule has 0 saturated heterocycles. The molecule has 4 heteroatoms. The molecule has 4 nitrogen and oxygen atoms in total. The molecule has 0 unspecified atom stereocenters. The van der Waals surface area contributed by atoms with E-state index in [2.05, 4.69) is 6.92 Å². The Morgan fingerprint density at radius 1 is 1.00 bits per heavy atom. The fraction of sp³-hybridized carbons (Fsp3) is 0.385. The van der Waals surface area contributed by atoms with Gasteiger partial charge in [-0.3, -0.25) is 0 Å². The van der Waals surface area contributed by atoms with Crippen LogP contribution < -0.4 is 0 Å². The first-order valence-electron chi connectivity index (χ1n) is 5.65. The van der Waals surface area contributed by atoms with Crippen LogP contribution in [0, 0.1) is 0 Å². The molecule has 0 amide bonds. The first kappa shape index (κ1) is 13.2. The molecule has 0 radical (unpaired) electrons. The van der Waals surface area contributed by atoms with E-state index < -0.39 is 11.9 Å². The van der Waals surface area contributed by atoms with E-state index in [-0.39, 0.29) is 11.1 Å². The molecule has 1 rings (SSSR count). The van der Waals surface area contributed by atoms with E-state index in [4.69, 9.17) is 10.2 Å². The molecule has 0 saturated carbocycles. The number of benzene rings is 1. The van der Waals surface area contributed by atoms with Crippen molar-refractivity contribution >= 4 is 11.9 Å². The van der Waals surface area contributed by atoms with Crippen LogP contribution in [0.3, 0.4) is 0 Å². The third kappa shape index (κ3) is 3.90. The predicted molar refractivity (Wildman–Crippen MR) is 63.6 cm³/mol. The van der Waals surface area contributed by atoms with Crippen molar-refractivity contribution in [3.8, 4) is 0 Å². The van der Waals surface area contributed by atoms with Crippen LogP contribution in [-0.4, -0.2) is 22.2 Å². The lowest BCUT2D eigenvalue weighted by Gasteiger charge is -2.05. The van der Waals surface area contributed by atoms with Gasteiger partial charge in [0.05, 0.1) is 11.1 Å². The van der Waals surface area contributed by atoms with Crippen molar-refractivity contribution < 1.29 is 19.8 Å². The molecule has 0 atom stereocenters. The number of carboxylic acids is 2. The van der Waals surface area contributed by atoms with Gasteiger partial charge in [-0.1, -0.05) is 19.8 Å². The smallest absolute Gasteiger partial charge is 0.335 e. The Morgan fingerprint density at radius 2 is 1.53 bits per heavy atom. The number of hydrogen-bond acceptors (Lipinski definition) is 2. The topological polar surface area (TPSA) is 74.6 Å². The Hall–Kier alpha value is -1.84. The second-order valence-electron chi connectivity index (χ2n) is 3.99. The summed E-state index contributed by atoms with van der Waals surface area (Å²) in [7, 11) is 0. The fourth-order valence-corrected chi connectivity index (χ4v) is 1.66. The summed E-state index contributed by atoms with van der Waals surface area (Å²) in [6.07, 6.45) is 3.79. The molecule has 0 fully saturated rings. The number of aromatic carboxylic acids is 2. The number of unbranched alkanes of at least 4 members (excludes halogenated alkanes) is 2. The van der Waals surface area contributed by atoms with Gasteiger partial charge >= 0.3 is 11.9 Å². The molecular formula is C13H16O4. The first-order chi connectivity index (χ1) is 8.04. The number of carbonyl (C=O) groups is 2. The van der Waals surface area contributed by atoms with Crippen LogP contribution in [0.25, 0.3) is 0 Å². The lowest BCUT2D eigenvalue weighted by atomic mass is 10.0. The molecule has 1 aromatic carbocycles. The van der Waals surface area contributed by atoms with E-state index in [1.165, 1.54) is 6.07 Å². The largest absolute Gasteiger partial charge is 0.478 e. The molecule has 17 heavy (non-hydrogen) atoms. The van der Waals surface area contributed by atoms with Crippen LogP contribution >= 0.6 is 0 Å². The van der Waals surface area contributed by atoms with Gasteiger partial charge in [-0.15, -0.1) is 0 Å². The van der Waals surface area contributed by atoms with Gasteiger partial charge in [0.2, 0.25) is 0 Å². The summed E-state index contributed by atoms with van der Waals surface area (Å²) in [4.78, 5) is 21.7. The lowest BCUT2D eigenvalue weighted by molar-refractivity contribution is 0.0696. The van der Waals surface area contributed by atoms with E-state index >= 15 is 0 Å². The van der Waals surface area contributed by atoms with E-state index in [0.29, 0.717) is 0 Å². The van der Waals surface area contributed by atoms with Gasteiger partial charge in [0.25, 0.3) is 0 Å². The van der Waals surface area contributed by atoms with Crippen molar-refractivity contribution in [1.29, 1.82) is 0 Å². The SMILES string of the molecule is CCCCCc1cc(C(=O)O)cc(C(=O)O)c1. The highest BCUT2D eigenvalue weighted by atomic mass is 16.4. The zero-order valence-electron chi connectivity index (χ0n) is 9.77. The minimum Gasteiger partial charge on any atom is -0.478 e. The zero-order valence-corrected chi connectivity index (χ0v) is 9.77. The quantitative estimate of drug-likeness (QED) is 0.745. The van der Waals surface area contributed by atoms with Crippen LogP contribution in [0.15, 0.2) is 18.2 Å². The average molecular weight is 236 g/mol. The van der Waals surface area contributed by atoms with Crippen molar-refractivity contribution in [1.82, 2.24) is 0 Å². The van der Waals surface area contributed by atoms with Crippen molar-refractivity contribution in [3.63, 3.8) is 0 Å². The molecule has 1 aromatic rings.